The highest BCUT2D eigenvalue weighted by Gasteiger charge is 2.09. The molecule has 1 aromatic heterocycles. The maximum absolute atomic E-state index is 4.30. The van der Waals surface area contributed by atoms with Crippen LogP contribution in [0, 0.1) is 0 Å². The molecule has 1 N–H and O–H groups in total. The number of pyridine rings is 1. The van der Waals surface area contributed by atoms with Gasteiger partial charge in [-0.1, -0.05) is 44.0 Å². The number of benzene rings is 1. The molecule has 0 spiro atoms. The topological polar surface area (TPSA) is 24.9 Å². The molecule has 2 nitrogen and oxygen atoms in total. The molecule has 0 fully saturated rings. The Kier molecular flexibility index (Phi) is 4.92. The van der Waals surface area contributed by atoms with Gasteiger partial charge in [-0.15, -0.1) is 0 Å². The first kappa shape index (κ1) is 13.7. The monoisotopic (exact) mass is 368 g/mol. The van der Waals surface area contributed by atoms with Crippen LogP contribution in [0.2, 0.25) is 0 Å². The van der Waals surface area contributed by atoms with Gasteiger partial charge in [0.15, 0.2) is 0 Å². The van der Waals surface area contributed by atoms with Gasteiger partial charge in [0.2, 0.25) is 0 Å². The number of nitrogens with zero attached hydrogens (tertiary/aromatic N) is 1. The predicted octanol–water partition coefficient (Wildman–Crippen LogP) is 4.46. The van der Waals surface area contributed by atoms with Gasteiger partial charge in [0.1, 0.15) is 0 Å². The van der Waals surface area contributed by atoms with Crippen LogP contribution in [-0.4, -0.2) is 4.98 Å². The Hall–Kier alpha value is -0.710. The Morgan fingerprint density at radius 2 is 2.06 bits per heavy atom. The fraction of sp³-hybridized carbons (Fsp3) is 0.214. The molecular formula is C14H14Br2N2. The van der Waals surface area contributed by atoms with Gasteiger partial charge in [-0.2, -0.15) is 0 Å². The van der Waals surface area contributed by atoms with Crippen LogP contribution >= 0.6 is 31.9 Å². The van der Waals surface area contributed by atoms with Crippen molar-refractivity contribution in [1.29, 1.82) is 0 Å². The molecule has 0 saturated heterocycles. The van der Waals surface area contributed by atoms with Crippen LogP contribution in [0.3, 0.4) is 0 Å². The SMILES string of the molecule is CC(NCc1ccccn1)c1ccc(Br)cc1Br. The summed E-state index contributed by atoms with van der Waals surface area (Å²) in [5.41, 5.74) is 2.30. The summed E-state index contributed by atoms with van der Waals surface area (Å²) in [5, 5.41) is 3.47. The van der Waals surface area contributed by atoms with E-state index in [0.717, 1.165) is 21.2 Å². The lowest BCUT2D eigenvalue weighted by molar-refractivity contribution is 0.566. The second-order valence-electron chi connectivity index (χ2n) is 4.09. The Balaban J connectivity index is 2.01. The lowest BCUT2D eigenvalue weighted by atomic mass is 10.1. The highest BCUT2D eigenvalue weighted by Crippen LogP contribution is 2.26. The fourth-order valence-electron chi connectivity index (χ4n) is 1.72. The van der Waals surface area contributed by atoms with Crippen LogP contribution in [0.25, 0.3) is 0 Å². The molecule has 94 valence electrons. The van der Waals surface area contributed by atoms with Gasteiger partial charge in [-0.3, -0.25) is 4.98 Å². The maximum Gasteiger partial charge on any atom is 0.0541 e. The normalized spacial score (nSPS) is 12.4. The molecule has 2 aromatic rings. The maximum atomic E-state index is 4.30. The van der Waals surface area contributed by atoms with E-state index in [1.165, 1.54) is 5.56 Å². The predicted molar refractivity (Wildman–Crippen MR) is 81.3 cm³/mol. The minimum atomic E-state index is 0.273. The largest absolute Gasteiger partial charge is 0.305 e. The summed E-state index contributed by atoms with van der Waals surface area (Å²) in [5.74, 6) is 0. The first-order chi connectivity index (χ1) is 8.66. The number of halogens is 2. The molecule has 2 rings (SSSR count). The highest BCUT2D eigenvalue weighted by atomic mass is 79.9. The zero-order valence-electron chi connectivity index (χ0n) is 10.0. The van der Waals surface area contributed by atoms with E-state index in [0.29, 0.717) is 0 Å². The van der Waals surface area contributed by atoms with Gasteiger partial charge in [-0.05, 0) is 36.8 Å². The summed E-state index contributed by atoms with van der Waals surface area (Å²) in [6, 6.07) is 12.5. The highest BCUT2D eigenvalue weighted by molar-refractivity contribution is 9.11. The minimum Gasteiger partial charge on any atom is -0.305 e. The van der Waals surface area contributed by atoms with Crippen LogP contribution in [0.15, 0.2) is 51.5 Å². The van der Waals surface area contributed by atoms with E-state index in [9.17, 15) is 0 Å². The lowest BCUT2D eigenvalue weighted by Gasteiger charge is -2.15. The van der Waals surface area contributed by atoms with Crippen molar-refractivity contribution >= 4 is 31.9 Å². The Morgan fingerprint density at radius 3 is 2.72 bits per heavy atom. The third kappa shape index (κ3) is 3.64. The number of hydrogen-bond acceptors (Lipinski definition) is 2. The molecule has 4 heteroatoms. The smallest absolute Gasteiger partial charge is 0.0541 e. The molecule has 0 bridgehead atoms. The van der Waals surface area contributed by atoms with E-state index >= 15 is 0 Å². The molecule has 1 aromatic carbocycles. The average molecular weight is 370 g/mol. The summed E-state index contributed by atoms with van der Waals surface area (Å²) in [7, 11) is 0. The van der Waals surface area contributed by atoms with Gasteiger partial charge < -0.3 is 5.32 Å². The summed E-state index contributed by atoms with van der Waals surface area (Å²) in [4.78, 5) is 4.30. The molecule has 18 heavy (non-hydrogen) atoms. The third-order valence-electron chi connectivity index (χ3n) is 2.74. The van der Waals surface area contributed by atoms with Crippen LogP contribution in [0.4, 0.5) is 0 Å². The average Bonchev–Trinajstić information content (AvgIpc) is 2.37. The van der Waals surface area contributed by atoms with Crippen LogP contribution in [-0.2, 0) is 6.54 Å². The molecule has 0 amide bonds. The molecule has 0 saturated carbocycles. The van der Waals surface area contributed by atoms with Crippen molar-refractivity contribution in [2.75, 3.05) is 0 Å². The van der Waals surface area contributed by atoms with Crippen molar-refractivity contribution in [3.05, 3.63) is 62.8 Å². The van der Waals surface area contributed by atoms with E-state index in [1.54, 1.807) is 0 Å². The van der Waals surface area contributed by atoms with Gasteiger partial charge in [0.25, 0.3) is 0 Å². The molecule has 0 aliphatic rings. The quantitative estimate of drug-likeness (QED) is 0.860. The van der Waals surface area contributed by atoms with Crippen LogP contribution in [0.5, 0.6) is 0 Å². The zero-order valence-corrected chi connectivity index (χ0v) is 13.2. The second-order valence-corrected chi connectivity index (χ2v) is 5.86. The van der Waals surface area contributed by atoms with E-state index in [1.807, 2.05) is 24.4 Å². The molecule has 1 unspecified atom stereocenters. The van der Waals surface area contributed by atoms with Gasteiger partial charge >= 0.3 is 0 Å². The summed E-state index contributed by atoms with van der Waals surface area (Å²) < 4.78 is 2.19. The van der Waals surface area contributed by atoms with Crippen LogP contribution in [0.1, 0.15) is 24.2 Å². The van der Waals surface area contributed by atoms with Crippen molar-refractivity contribution in [2.24, 2.45) is 0 Å². The van der Waals surface area contributed by atoms with Crippen molar-refractivity contribution in [2.45, 2.75) is 19.5 Å². The summed E-state index contributed by atoms with van der Waals surface area (Å²) in [6.07, 6.45) is 1.82. The van der Waals surface area contributed by atoms with Crippen molar-refractivity contribution in [3.8, 4) is 0 Å². The minimum absolute atomic E-state index is 0.273. The van der Waals surface area contributed by atoms with Crippen molar-refractivity contribution in [3.63, 3.8) is 0 Å². The summed E-state index contributed by atoms with van der Waals surface area (Å²) >= 11 is 7.05. The molecule has 0 aliphatic carbocycles. The van der Waals surface area contributed by atoms with E-state index < -0.39 is 0 Å². The Labute approximate surface area is 124 Å². The summed E-state index contributed by atoms with van der Waals surface area (Å²) in [6.45, 7) is 2.92. The lowest BCUT2D eigenvalue weighted by Crippen LogP contribution is -2.19. The van der Waals surface area contributed by atoms with Crippen molar-refractivity contribution < 1.29 is 0 Å². The number of rotatable bonds is 4. The first-order valence-electron chi connectivity index (χ1n) is 5.75. The van der Waals surface area contributed by atoms with Crippen molar-refractivity contribution in [1.82, 2.24) is 10.3 Å². The van der Waals surface area contributed by atoms with Crippen LogP contribution < -0.4 is 5.32 Å². The second kappa shape index (κ2) is 6.45. The van der Waals surface area contributed by atoms with E-state index in [-0.39, 0.29) is 6.04 Å². The van der Waals surface area contributed by atoms with Gasteiger partial charge in [-0.25, -0.2) is 0 Å². The first-order valence-corrected chi connectivity index (χ1v) is 7.33. The Morgan fingerprint density at radius 1 is 1.22 bits per heavy atom. The third-order valence-corrected chi connectivity index (χ3v) is 3.92. The molecule has 0 aliphatic heterocycles. The van der Waals surface area contributed by atoms with E-state index in [2.05, 4.69) is 67.3 Å². The van der Waals surface area contributed by atoms with E-state index in [4.69, 9.17) is 0 Å². The standard InChI is InChI=1S/C14H14Br2N2/c1-10(13-6-5-11(15)8-14(13)16)18-9-12-4-2-3-7-17-12/h2-8,10,18H,9H2,1H3. The molecule has 1 atom stereocenters. The molecule has 0 radical (unpaired) electrons. The zero-order chi connectivity index (χ0) is 13.0. The fourth-order valence-corrected chi connectivity index (χ4v) is 3.11. The number of nitrogens with one attached hydrogen (secondary N) is 1. The number of hydrogen-bond donors (Lipinski definition) is 1. The van der Waals surface area contributed by atoms with Gasteiger partial charge in [0, 0.05) is 27.7 Å². The number of aromatic nitrogens is 1. The molecular weight excluding hydrogens is 356 g/mol. The molecule has 1 heterocycles. The Bertz CT molecular complexity index is 514. The van der Waals surface area contributed by atoms with Gasteiger partial charge in [0.05, 0.1) is 5.69 Å².